The average molecular weight is 258 g/mol. The van der Waals surface area contributed by atoms with E-state index in [0.717, 1.165) is 24.4 Å². The van der Waals surface area contributed by atoms with Gasteiger partial charge in [0.1, 0.15) is 11.6 Å². The maximum Gasteiger partial charge on any atom is 0.141 e. The van der Waals surface area contributed by atoms with Crippen molar-refractivity contribution in [2.24, 2.45) is 5.84 Å². The third-order valence-corrected chi connectivity index (χ3v) is 2.57. The second-order valence-corrected chi connectivity index (χ2v) is 4.02. The Bertz CT molecular complexity index is 490. The highest BCUT2D eigenvalue weighted by molar-refractivity contribution is 5.51. The monoisotopic (exact) mass is 258 g/mol. The number of nitrogen functional groups attached to an aromatic ring is 1. The standard InChI is InChI=1S/C14H18N4O/c15-18-14-11-12(7-9-17-14)16-8-4-10-19-13-5-2-1-3-6-13/h1-3,5-7,9,11H,4,8,10,15H2,(H2,16,17,18). The number of pyridine rings is 1. The van der Waals surface area contributed by atoms with E-state index in [1.165, 1.54) is 0 Å². The van der Waals surface area contributed by atoms with Crippen molar-refractivity contribution < 1.29 is 4.74 Å². The number of nitrogens with two attached hydrogens (primary N) is 1. The summed E-state index contributed by atoms with van der Waals surface area (Å²) in [5, 5.41) is 3.29. The molecule has 0 saturated carbocycles. The molecule has 0 aliphatic heterocycles. The number of rotatable bonds is 7. The number of hydrogen-bond acceptors (Lipinski definition) is 5. The number of anilines is 2. The molecule has 100 valence electrons. The van der Waals surface area contributed by atoms with Crippen LogP contribution in [0.25, 0.3) is 0 Å². The maximum absolute atomic E-state index is 5.60. The molecule has 0 fully saturated rings. The van der Waals surface area contributed by atoms with Gasteiger partial charge in [0, 0.05) is 24.5 Å². The third-order valence-electron chi connectivity index (χ3n) is 2.57. The number of aromatic nitrogens is 1. The summed E-state index contributed by atoms with van der Waals surface area (Å²) in [4.78, 5) is 4.04. The Morgan fingerprint density at radius 3 is 2.79 bits per heavy atom. The molecule has 0 radical (unpaired) electrons. The quantitative estimate of drug-likeness (QED) is 0.403. The first-order valence-electron chi connectivity index (χ1n) is 6.23. The molecule has 0 unspecified atom stereocenters. The van der Waals surface area contributed by atoms with E-state index in [1.54, 1.807) is 6.20 Å². The van der Waals surface area contributed by atoms with Crippen LogP contribution in [-0.2, 0) is 0 Å². The molecule has 19 heavy (non-hydrogen) atoms. The summed E-state index contributed by atoms with van der Waals surface area (Å²) in [7, 11) is 0. The fourth-order valence-corrected chi connectivity index (χ4v) is 1.63. The molecular weight excluding hydrogens is 240 g/mol. The van der Waals surface area contributed by atoms with E-state index in [-0.39, 0.29) is 0 Å². The van der Waals surface area contributed by atoms with E-state index in [4.69, 9.17) is 10.6 Å². The van der Waals surface area contributed by atoms with Gasteiger partial charge in [0.05, 0.1) is 6.61 Å². The van der Waals surface area contributed by atoms with Crippen molar-refractivity contribution in [1.82, 2.24) is 4.98 Å². The fraction of sp³-hybridized carbons (Fsp3) is 0.214. The van der Waals surface area contributed by atoms with Crippen LogP contribution in [0.2, 0.25) is 0 Å². The Labute approximate surface area is 112 Å². The van der Waals surface area contributed by atoms with Gasteiger partial charge in [-0.15, -0.1) is 0 Å². The minimum atomic E-state index is 0.644. The van der Waals surface area contributed by atoms with E-state index >= 15 is 0 Å². The molecule has 0 aliphatic rings. The lowest BCUT2D eigenvalue weighted by Gasteiger charge is -2.08. The molecule has 0 amide bonds. The van der Waals surface area contributed by atoms with Gasteiger partial charge in [0.25, 0.3) is 0 Å². The van der Waals surface area contributed by atoms with Crippen molar-refractivity contribution in [2.75, 3.05) is 23.9 Å². The van der Waals surface area contributed by atoms with Crippen LogP contribution in [0, 0.1) is 0 Å². The number of nitrogens with zero attached hydrogens (tertiary/aromatic N) is 1. The van der Waals surface area contributed by atoms with E-state index in [1.807, 2.05) is 42.5 Å². The molecule has 1 aromatic heterocycles. The largest absolute Gasteiger partial charge is 0.494 e. The second-order valence-electron chi connectivity index (χ2n) is 4.02. The highest BCUT2D eigenvalue weighted by Gasteiger charge is 1.95. The van der Waals surface area contributed by atoms with Crippen molar-refractivity contribution >= 4 is 11.5 Å². The zero-order valence-electron chi connectivity index (χ0n) is 10.7. The lowest BCUT2D eigenvalue weighted by Crippen LogP contribution is -2.10. The van der Waals surface area contributed by atoms with Crippen molar-refractivity contribution in [3.63, 3.8) is 0 Å². The van der Waals surface area contributed by atoms with Gasteiger partial charge in [-0.1, -0.05) is 18.2 Å². The van der Waals surface area contributed by atoms with Crippen LogP contribution in [0.3, 0.4) is 0 Å². The zero-order valence-corrected chi connectivity index (χ0v) is 10.7. The lowest BCUT2D eigenvalue weighted by molar-refractivity contribution is 0.315. The molecule has 5 heteroatoms. The van der Waals surface area contributed by atoms with Crippen LogP contribution >= 0.6 is 0 Å². The number of benzene rings is 1. The smallest absolute Gasteiger partial charge is 0.141 e. The van der Waals surface area contributed by atoms with Gasteiger partial charge >= 0.3 is 0 Å². The van der Waals surface area contributed by atoms with E-state index in [0.29, 0.717) is 12.4 Å². The van der Waals surface area contributed by atoms with Crippen molar-refractivity contribution in [3.8, 4) is 5.75 Å². The van der Waals surface area contributed by atoms with Crippen LogP contribution in [0.15, 0.2) is 48.7 Å². The number of nitrogens with one attached hydrogen (secondary N) is 2. The Morgan fingerprint density at radius 2 is 2.00 bits per heavy atom. The van der Waals surface area contributed by atoms with Crippen LogP contribution in [0.1, 0.15) is 6.42 Å². The minimum Gasteiger partial charge on any atom is -0.494 e. The molecule has 5 nitrogen and oxygen atoms in total. The predicted octanol–water partition coefficient (Wildman–Crippen LogP) is 2.25. The van der Waals surface area contributed by atoms with Gasteiger partial charge in [0.2, 0.25) is 0 Å². The molecule has 0 atom stereocenters. The number of hydrogen-bond donors (Lipinski definition) is 3. The molecule has 0 saturated heterocycles. The molecule has 0 bridgehead atoms. The highest BCUT2D eigenvalue weighted by atomic mass is 16.5. The first kappa shape index (κ1) is 13.2. The van der Waals surface area contributed by atoms with Crippen LogP contribution < -0.4 is 21.3 Å². The summed E-state index contributed by atoms with van der Waals surface area (Å²) in [5.41, 5.74) is 3.50. The molecular formula is C14H18N4O. The van der Waals surface area contributed by atoms with Crippen molar-refractivity contribution in [1.29, 1.82) is 0 Å². The van der Waals surface area contributed by atoms with Crippen LogP contribution in [-0.4, -0.2) is 18.1 Å². The second kappa shape index (κ2) is 7.23. The topological polar surface area (TPSA) is 72.2 Å². The summed E-state index contributed by atoms with van der Waals surface area (Å²) in [6.45, 7) is 1.52. The Hall–Kier alpha value is -2.27. The zero-order chi connectivity index (χ0) is 13.3. The van der Waals surface area contributed by atoms with Crippen molar-refractivity contribution in [2.45, 2.75) is 6.42 Å². The van der Waals surface area contributed by atoms with Gasteiger partial charge < -0.3 is 15.5 Å². The van der Waals surface area contributed by atoms with E-state index in [9.17, 15) is 0 Å². The Balaban J connectivity index is 1.66. The maximum atomic E-state index is 5.60. The molecule has 2 aromatic rings. The minimum absolute atomic E-state index is 0.644. The molecule has 1 heterocycles. The first-order chi connectivity index (χ1) is 9.38. The fourth-order valence-electron chi connectivity index (χ4n) is 1.63. The Morgan fingerprint density at radius 1 is 1.16 bits per heavy atom. The van der Waals surface area contributed by atoms with Crippen molar-refractivity contribution in [3.05, 3.63) is 48.7 Å². The molecule has 0 spiro atoms. The average Bonchev–Trinajstić information content (AvgIpc) is 2.48. The SMILES string of the molecule is NNc1cc(NCCCOc2ccccc2)ccn1. The molecule has 2 rings (SSSR count). The number of hydrazine groups is 1. The van der Waals surface area contributed by atoms with Gasteiger partial charge in [-0.05, 0) is 24.6 Å². The van der Waals surface area contributed by atoms with Gasteiger partial charge in [-0.3, -0.25) is 0 Å². The van der Waals surface area contributed by atoms with Crippen LogP contribution in [0.5, 0.6) is 5.75 Å². The van der Waals surface area contributed by atoms with Crippen LogP contribution in [0.4, 0.5) is 11.5 Å². The summed E-state index contributed by atoms with van der Waals surface area (Å²) in [5.74, 6) is 6.85. The van der Waals surface area contributed by atoms with E-state index in [2.05, 4.69) is 15.7 Å². The Kier molecular flexibility index (Phi) is 5.01. The van der Waals surface area contributed by atoms with Gasteiger partial charge in [0.15, 0.2) is 0 Å². The normalized spacial score (nSPS) is 9.95. The number of ether oxygens (including phenoxy) is 1. The third kappa shape index (κ3) is 4.48. The first-order valence-corrected chi connectivity index (χ1v) is 6.23. The molecule has 1 aromatic carbocycles. The highest BCUT2D eigenvalue weighted by Crippen LogP contribution is 2.11. The van der Waals surface area contributed by atoms with Gasteiger partial charge in [-0.2, -0.15) is 0 Å². The van der Waals surface area contributed by atoms with Gasteiger partial charge in [-0.25, -0.2) is 10.8 Å². The van der Waals surface area contributed by atoms with E-state index < -0.39 is 0 Å². The lowest BCUT2D eigenvalue weighted by atomic mass is 10.3. The summed E-state index contributed by atoms with van der Waals surface area (Å²) >= 11 is 0. The summed E-state index contributed by atoms with van der Waals surface area (Å²) in [6, 6.07) is 13.6. The predicted molar refractivity (Wildman–Crippen MR) is 77.1 cm³/mol. The number of para-hydroxylation sites is 1. The summed E-state index contributed by atoms with van der Waals surface area (Å²) in [6.07, 6.45) is 2.63. The molecule has 4 N–H and O–H groups in total. The molecule has 0 aliphatic carbocycles. The summed E-state index contributed by atoms with van der Waals surface area (Å²) < 4.78 is 5.60.